The maximum Gasteiger partial charge on any atom is 0.411 e. The number of anilines is 2. The number of fused-ring (bicyclic) bond motifs is 1. The number of nitrogens with zero attached hydrogens (tertiary/aromatic N) is 1. The molecule has 5 rings (SSSR count). The number of methoxy groups -OCH3 is 3. The fourth-order valence-corrected chi connectivity index (χ4v) is 8.18. The van der Waals surface area contributed by atoms with Crippen molar-refractivity contribution in [3.8, 4) is 11.5 Å². The number of amides is 3. The van der Waals surface area contributed by atoms with E-state index in [9.17, 15) is 22.8 Å². The van der Waals surface area contributed by atoms with Crippen LogP contribution in [-0.4, -0.2) is 65.6 Å². The van der Waals surface area contributed by atoms with Crippen LogP contribution < -0.4 is 25.4 Å². The number of hydrogen-bond donors (Lipinski definition) is 3. The molecule has 3 amide bonds. The average molecular weight is 777 g/mol. The Morgan fingerprint density at radius 1 is 1.00 bits per heavy atom. The molecule has 0 spiro atoms. The second-order valence-electron chi connectivity index (χ2n) is 11.3. The topological polar surface area (TPSA) is 152 Å². The predicted octanol–water partition coefficient (Wildman–Crippen LogP) is 5.76. The molecule has 14 heteroatoms. The van der Waals surface area contributed by atoms with Crippen LogP contribution in [0.1, 0.15) is 71.2 Å². The Kier molecular flexibility index (Phi) is 10.5. The molecule has 3 atom stereocenters. The van der Waals surface area contributed by atoms with Crippen LogP contribution in [0.5, 0.6) is 11.5 Å². The Morgan fingerprint density at radius 3 is 2.43 bits per heavy atom. The number of hydrogen-bond acceptors (Lipinski definition) is 9. The summed E-state index contributed by atoms with van der Waals surface area (Å²) in [5.74, 6) is 0.632. The van der Waals surface area contributed by atoms with Gasteiger partial charge in [-0.2, -0.15) is 0 Å². The number of carbonyl (C=O) groups excluding carboxylic acids is 3. The number of likely N-dealkylation sites (tertiary alicyclic amines) is 1. The van der Waals surface area contributed by atoms with Crippen LogP contribution in [0.2, 0.25) is 0 Å². The molecule has 250 valence electrons. The first-order chi connectivity index (χ1) is 22.5. The normalized spacial score (nSPS) is 18.1. The first-order valence-corrected chi connectivity index (χ1v) is 19.2. The predicted molar refractivity (Wildman–Crippen MR) is 185 cm³/mol. The maximum absolute atomic E-state index is 14.7. The number of rotatable bonds is 10. The van der Waals surface area contributed by atoms with E-state index in [1.807, 2.05) is 12.1 Å². The monoisotopic (exact) mass is 776 g/mol. The van der Waals surface area contributed by atoms with Gasteiger partial charge in [0, 0.05) is 35.9 Å². The third-order valence-electron chi connectivity index (χ3n) is 8.64. The molecule has 0 aliphatic carbocycles. The SMILES string of the molecule is CC[C@@H]1CNC(=O)c2cc(NC(C(=O)N3CCC[C@@H]3c3cc(NC(=O)OC)ccc3S(=O)(=O)I)c3ccc(OC)c(OC)c3)ccc21. The zero-order valence-electron chi connectivity index (χ0n) is 26.5. The van der Waals surface area contributed by atoms with Crippen molar-refractivity contribution in [3.63, 3.8) is 0 Å². The van der Waals surface area contributed by atoms with Gasteiger partial charge in [0.2, 0.25) is 12.9 Å². The molecule has 0 aromatic heterocycles. The fraction of sp³-hybridized carbons (Fsp3) is 0.364. The van der Waals surface area contributed by atoms with Crippen LogP contribution in [0, 0.1) is 0 Å². The van der Waals surface area contributed by atoms with Crippen LogP contribution in [0.4, 0.5) is 16.2 Å². The summed E-state index contributed by atoms with van der Waals surface area (Å²) in [4.78, 5) is 41.2. The number of nitrogens with one attached hydrogen (secondary N) is 3. The highest BCUT2D eigenvalue weighted by Crippen LogP contribution is 2.41. The Balaban J connectivity index is 1.57. The molecule has 1 saturated heterocycles. The lowest BCUT2D eigenvalue weighted by Crippen LogP contribution is -2.38. The molecule has 2 aliphatic rings. The molecular weight excluding hydrogens is 739 g/mol. The third kappa shape index (κ3) is 7.27. The molecule has 12 nitrogen and oxygen atoms in total. The molecule has 3 aromatic carbocycles. The molecule has 1 fully saturated rings. The summed E-state index contributed by atoms with van der Waals surface area (Å²) in [5, 5.41) is 8.90. The lowest BCUT2D eigenvalue weighted by atomic mass is 9.88. The minimum absolute atomic E-state index is 0.0556. The number of benzene rings is 3. The average Bonchev–Trinajstić information content (AvgIpc) is 3.56. The molecule has 0 bridgehead atoms. The van der Waals surface area contributed by atoms with E-state index in [1.165, 1.54) is 54.7 Å². The second kappa shape index (κ2) is 14.4. The van der Waals surface area contributed by atoms with Gasteiger partial charge in [0.05, 0.1) is 53.5 Å². The molecule has 3 aromatic rings. The van der Waals surface area contributed by atoms with E-state index in [0.29, 0.717) is 65.5 Å². The van der Waals surface area contributed by atoms with Crippen LogP contribution in [0.25, 0.3) is 0 Å². The highest BCUT2D eigenvalue weighted by atomic mass is 127. The van der Waals surface area contributed by atoms with Gasteiger partial charge in [-0.05, 0) is 78.4 Å². The van der Waals surface area contributed by atoms with E-state index in [2.05, 4.69) is 22.9 Å². The Hall–Kier alpha value is -4.05. The van der Waals surface area contributed by atoms with Gasteiger partial charge in [-0.25, -0.2) is 13.2 Å². The van der Waals surface area contributed by atoms with Gasteiger partial charge in [-0.15, -0.1) is 0 Å². The van der Waals surface area contributed by atoms with Gasteiger partial charge < -0.3 is 29.7 Å². The summed E-state index contributed by atoms with van der Waals surface area (Å²) in [6, 6.07) is 13.7. The zero-order valence-corrected chi connectivity index (χ0v) is 29.4. The first-order valence-electron chi connectivity index (χ1n) is 15.1. The van der Waals surface area contributed by atoms with E-state index in [0.717, 1.165) is 12.0 Å². The smallest absolute Gasteiger partial charge is 0.411 e. The summed E-state index contributed by atoms with van der Waals surface area (Å²) >= 11 is 1.38. The van der Waals surface area contributed by atoms with Crippen molar-refractivity contribution < 1.29 is 37.0 Å². The highest BCUT2D eigenvalue weighted by Gasteiger charge is 2.38. The van der Waals surface area contributed by atoms with Gasteiger partial charge in [0.15, 0.2) is 11.5 Å². The van der Waals surface area contributed by atoms with Gasteiger partial charge in [0.1, 0.15) is 6.04 Å². The Bertz CT molecular complexity index is 1800. The quantitative estimate of drug-likeness (QED) is 0.173. The maximum atomic E-state index is 14.7. The number of carbonyl (C=O) groups is 3. The molecular formula is C33H37IN4O8S. The summed E-state index contributed by atoms with van der Waals surface area (Å²) in [5.41, 5.74) is 3.39. The molecule has 2 aliphatic heterocycles. The zero-order chi connectivity index (χ0) is 33.9. The molecule has 1 unspecified atom stereocenters. The van der Waals surface area contributed by atoms with Crippen molar-refractivity contribution in [1.29, 1.82) is 0 Å². The standard InChI is InChI=1S/C33H37IN4O8S/c1-5-19-18-35-31(39)24-16-21(9-11-23(19)24)36-30(20-8-12-27(44-2)28(15-20)45-3)32(40)38-14-6-7-26(38)25-17-22(37-33(41)46-4)10-13-29(25)47(34,42)43/h8-13,15-17,19,26,30,36H,5-7,14,18H2,1-4H3,(H,35,39)(H,37,41)/t19-,26-,30?/m1/s1. The second-order valence-corrected chi connectivity index (χ2v) is 16.1. The van der Waals surface area contributed by atoms with Gasteiger partial charge >= 0.3 is 6.09 Å². The van der Waals surface area contributed by atoms with Gasteiger partial charge in [0.25, 0.3) is 5.91 Å². The molecule has 3 N–H and O–H groups in total. The number of ether oxygens (including phenoxy) is 3. The first kappa shape index (κ1) is 34.3. The summed E-state index contributed by atoms with van der Waals surface area (Å²) < 4.78 is 41.5. The summed E-state index contributed by atoms with van der Waals surface area (Å²) in [6.07, 6.45) is 1.29. The minimum Gasteiger partial charge on any atom is -0.493 e. The van der Waals surface area contributed by atoms with Gasteiger partial charge in [-0.3, -0.25) is 14.9 Å². The van der Waals surface area contributed by atoms with Crippen molar-refractivity contribution in [1.82, 2.24) is 10.2 Å². The van der Waals surface area contributed by atoms with Crippen molar-refractivity contribution in [2.75, 3.05) is 45.1 Å². The van der Waals surface area contributed by atoms with E-state index < -0.39 is 25.2 Å². The minimum atomic E-state index is -3.73. The van der Waals surface area contributed by atoms with Crippen molar-refractivity contribution >= 4 is 57.5 Å². The Morgan fingerprint density at radius 2 is 1.74 bits per heavy atom. The highest BCUT2D eigenvalue weighted by molar-refractivity contribution is 14.2. The Labute approximate surface area is 286 Å². The summed E-state index contributed by atoms with van der Waals surface area (Å²) in [6.45, 7) is 3.02. The van der Waals surface area contributed by atoms with Crippen molar-refractivity contribution in [2.45, 2.75) is 49.1 Å². The molecule has 2 heterocycles. The number of halogens is 1. The molecule has 0 radical (unpaired) electrons. The molecule has 47 heavy (non-hydrogen) atoms. The largest absolute Gasteiger partial charge is 0.493 e. The van der Waals surface area contributed by atoms with Gasteiger partial charge in [-0.1, -0.05) is 19.1 Å². The lowest BCUT2D eigenvalue weighted by Gasteiger charge is -2.32. The van der Waals surface area contributed by atoms with Crippen molar-refractivity contribution in [2.24, 2.45) is 0 Å². The van der Waals surface area contributed by atoms with E-state index in [-0.39, 0.29) is 22.6 Å². The lowest BCUT2D eigenvalue weighted by molar-refractivity contribution is -0.133. The van der Waals surface area contributed by atoms with Crippen LogP contribution >= 0.6 is 21.2 Å². The van der Waals surface area contributed by atoms with E-state index in [4.69, 9.17) is 14.2 Å². The van der Waals surface area contributed by atoms with E-state index in [1.54, 1.807) is 35.2 Å². The fourth-order valence-electron chi connectivity index (χ4n) is 6.27. The van der Waals surface area contributed by atoms with Crippen LogP contribution in [0.3, 0.4) is 0 Å². The van der Waals surface area contributed by atoms with E-state index >= 15 is 0 Å². The third-order valence-corrected chi connectivity index (χ3v) is 11.0. The van der Waals surface area contributed by atoms with Crippen LogP contribution in [0.15, 0.2) is 59.5 Å². The molecule has 0 saturated carbocycles. The summed E-state index contributed by atoms with van der Waals surface area (Å²) in [7, 11) is 0.541. The van der Waals surface area contributed by atoms with Crippen LogP contribution in [-0.2, 0) is 16.5 Å². The van der Waals surface area contributed by atoms with Crippen molar-refractivity contribution in [3.05, 3.63) is 76.9 Å².